The van der Waals surface area contributed by atoms with E-state index in [1.165, 1.54) is 5.56 Å². The van der Waals surface area contributed by atoms with E-state index in [9.17, 15) is 0 Å². The van der Waals surface area contributed by atoms with Crippen molar-refractivity contribution in [3.05, 3.63) is 46.5 Å². The molecule has 0 saturated heterocycles. The fraction of sp³-hybridized carbons (Fsp3) is 0.357. The second-order valence-corrected chi connectivity index (χ2v) is 5.23. The van der Waals surface area contributed by atoms with Crippen LogP contribution in [0.25, 0.3) is 0 Å². The number of nitrogens with one attached hydrogen (secondary N) is 1. The molecule has 0 spiro atoms. The van der Waals surface area contributed by atoms with Crippen LogP contribution in [-0.2, 0) is 12.8 Å². The van der Waals surface area contributed by atoms with E-state index in [0.29, 0.717) is 0 Å². The molecule has 0 aliphatic carbocycles. The second kappa shape index (κ2) is 6.05. The van der Waals surface area contributed by atoms with Crippen molar-refractivity contribution in [2.45, 2.75) is 32.8 Å². The van der Waals surface area contributed by atoms with E-state index in [2.05, 4.69) is 38.0 Å². The Balaban J connectivity index is 1.92. The zero-order chi connectivity index (χ0) is 13.0. The minimum absolute atomic E-state index is 0.219. The lowest BCUT2D eigenvalue weighted by Gasteiger charge is -2.10. The molecule has 3 nitrogen and oxygen atoms in total. The molecular formula is C14H17BrN2O. The number of aromatic nitrogens is 2. The number of H-pyrrole nitrogens is 1. The van der Waals surface area contributed by atoms with Crippen molar-refractivity contribution in [1.82, 2.24) is 9.97 Å². The minimum Gasteiger partial charge on any atom is -0.491 e. The largest absolute Gasteiger partial charge is 0.491 e. The molecule has 0 radical (unpaired) electrons. The normalized spacial score (nSPS) is 10.9. The first-order valence-corrected chi connectivity index (χ1v) is 6.88. The molecule has 0 fully saturated rings. The molecule has 0 aliphatic rings. The second-order valence-electron chi connectivity index (χ2n) is 4.48. The van der Waals surface area contributed by atoms with Crippen LogP contribution in [0.4, 0.5) is 0 Å². The first kappa shape index (κ1) is 13.1. The number of hydrogen-bond acceptors (Lipinski definition) is 2. The number of aryl methyl sites for hydroxylation is 2. The number of hydrogen-bond donors (Lipinski definition) is 1. The van der Waals surface area contributed by atoms with Crippen molar-refractivity contribution in [2.75, 3.05) is 0 Å². The highest BCUT2D eigenvalue weighted by Crippen LogP contribution is 2.17. The third kappa shape index (κ3) is 3.60. The number of rotatable bonds is 5. The lowest BCUT2D eigenvalue weighted by atomic mass is 10.1. The van der Waals surface area contributed by atoms with E-state index in [0.717, 1.165) is 28.9 Å². The Morgan fingerprint density at radius 3 is 2.50 bits per heavy atom. The standard InChI is InChI=1S/C14H17BrN2O/c1-10(2)18-12-6-3-11(4-7-12)5-8-13-14(15)17-9-16-13/h3-4,6-7,9-10H,5,8H2,1-2H3,(H,16,17). The Labute approximate surface area is 116 Å². The van der Waals surface area contributed by atoms with Gasteiger partial charge in [0.1, 0.15) is 10.4 Å². The van der Waals surface area contributed by atoms with Crippen LogP contribution in [-0.4, -0.2) is 16.1 Å². The van der Waals surface area contributed by atoms with Gasteiger partial charge in [-0.1, -0.05) is 12.1 Å². The van der Waals surface area contributed by atoms with Gasteiger partial charge in [0.2, 0.25) is 0 Å². The predicted molar refractivity (Wildman–Crippen MR) is 75.9 cm³/mol. The third-order valence-corrected chi connectivity index (χ3v) is 3.31. The van der Waals surface area contributed by atoms with E-state index < -0.39 is 0 Å². The first-order chi connectivity index (χ1) is 8.65. The quantitative estimate of drug-likeness (QED) is 0.913. The van der Waals surface area contributed by atoms with Crippen LogP contribution >= 0.6 is 15.9 Å². The van der Waals surface area contributed by atoms with Gasteiger partial charge < -0.3 is 9.72 Å². The van der Waals surface area contributed by atoms with Gasteiger partial charge in [-0.05, 0) is 60.3 Å². The molecule has 0 amide bonds. The van der Waals surface area contributed by atoms with Gasteiger partial charge in [0.05, 0.1) is 12.4 Å². The fourth-order valence-corrected chi connectivity index (χ4v) is 2.17. The van der Waals surface area contributed by atoms with Crippen molar-refractivity contribution in [3.63, 3.8) is 0 Å². The highest BCUT2D eigenvalue weighted by Gasteiger charge is 2.03. The summed E-state index contributed by atoms with van der Waals surface area (Å²) in [5.74, 6) is 0.927. The van der Waals surface area contributed by atoms with Gasteiger partial charge in [-0.15, -0.1) is 0 Å². The van der Waals surface area contributed by atoms with Crippen LogP contribution in [0, 0.1) is 0 Å². The van der Waals surface area contributed by atoms with Crippen LogP contribution in [0.5, 0.6) is 5.75 Å². The van der Waals surface area contributed by atoms with Gasteiger partial charge in [0.25, 0.3) is 0 Å². The summed E-state index contributed by atoms with van der Waals surface area (Å²) in [4.78, 5) is 7.25. The number of benzene rings is 1. The van der Waals surface area contributed by atoms with Crippen LogP contribution < -0.4 is 4.74 Å². The molecule has 1 heterocycles. The van der Waals surface area contributed by atoms with Crippen molar-refractivity contribution >= 4 is 15.9 Å². The van der Waals surface area contributed by atoms with Crippen molar-refractivity contribution in [3.8, 4) is 5.75 Å². The van der Waals surface area contributed by atoms with E-state index in [1.54, 1.807) is 6.33 Å². The van der Waals surface area contributed by atoms with Crippen molar-refractivity contribution in [1.29, 1.82) is 0 Å². The van der Waals surface area contributed by atoms with Gasteiger partial charge >= 0.3 is 0 Å². The summed E-state index contributed by atoms with van der Waals surface area (Å²) in [7, 11) is 0. The zero-order valence-corrected chi connectivity index (χ0v) is 12.2. The average Bonchev–Trinajstić information content (AvgIpc) is 2.73. The minimum atomic E-state index is 0.219. The molecule has 2 rings (SSSR count). The maximum absolute atomic E-state index is 5.61. The van der Waals surface area contributed by atoms with Crippen LogP contribution in [0.15, 0.2) is 35.2 Å². The molecule has 96 valence electrons. The van der Waals surface area contributed by atoms with Gasteiger partial charge in [0.15, 0.2) is 0 Å². The maximum Gasteiger partial charge on any atom is 0.127 e. The Morgan fingerprint density at radius 1 is 1.22 bits per heavy atom. The van der Waals surface area contributed by atoms with Crippen LogP contribution in [0.3, 0.4) is 0 Å². The van der Waals surface area contributed by atoms with E-state index in [1.807, 2.05) is 26.0 Å². The average molecular weight is 309 g/mol. The monoisotopic (exact) mass is 308 g/mol. The summed E-state index contributed by atoms with van der Waals surface area (Å²) >= 11 is 3.42. The number of halogens is 1. The summed E-state index contributed by atoms with van der Waals surface area (Å²) in [5.41, 5.74) is 2.44. The molecule has 1 N–H and O–H groups in total. The topological polar surface area (TPSA) is 37.9 Å². The molecule has 0 bridgehead atoms. The molecule has 2 aromatic rings. The van der Waals surface area contributed by atoms with Crippen molar-refractivity contribution < 1.29 is 4.74 Å². The first-order valence-electron chi connectivity index (χ1n) is 6.08. The summed E-state index contributed by atoms with van der Waals surface area (Å²) in [6.07, 6.45) is 3.86. The number of aromatic amines is 1. The van der Waals surface area contributed by atoms with Crippen LogP contribution in [0.2, 0.25) is 0 Å². The van der Waals surface area contributed by atoms with Crippen LogP contribution in [0.1, 0.15) is 25.1 Å². The predicted octanol–water partition coefficient (Wildman–Crippen LogP) is 3.74. The fourth-order valence-electron chi connectivity index (χ4n) is 1.76. The molecule has 1 aromatic carbocycles. The number of ether oxygens (including phenoxy) is 1. The lowest BCUT2D eigenvalue weighted by Crippen LogP contribution is -2.05. The van der Waals surface area contributed by atoms with Gasteiger partial charge in [0, 0.05) is 5.69 Å². The maximum atomic E-state index is 5.61. The molecule has 0 aliphatic heterocycles. The highest BCUT2D eigenvalue weighted by molar-refractivity contribution is 9.10. The number of nitrogens with zero attached hydrogens (tertiary/aromatic N) is 1. The Hall–Kier alpha value is -1.29. The lowest BCUT2D eigenvalue weighted by molar-refractivity contribution is 0.242. The van der Waals surface area contributed by atoms with Gasteiger partial charge in [-0.3, -0.25) is 0 Å². The Kier molecular flexibility index (Phi) is 4.42. The third-order valence-electron chi connectivity index (χ3n) is 2.62. The Morgan fingerprint density at radius 2 is 1.94 bits per heavy atom. The van der Waals surface area contributed by atoms with Gasteiger partial charge in [-0.2, -0.15) is 0 Å². The molecule has 1 aromatic heterocycles. The Bertz CT molecular complexity index is 491. The van der Waals surface area contributed by atoms with Crippen molar-refractivity contribution in [2.24, 2.45) is 0 Å². The molecule has 0 unspecified atom stereocenters. The summed E-state index contributed by atoms with van der Waals surface area (Å²) in [6, 6.07) is 8.28. The highest BCUT2D eigenvalue weighted by atomic mass is 79.9. The van der Waals surface area contributed by atoms with E-state index in [4.69, 9.17) is 4.74 Å². The molecule has 0 atom stereocenters. The molecule has 4 heteroatoms. The van der Waals surface area contributed by atoms with E-state index >= 15 is 0 Å². The molecular weight excluding hydrogens is 292 g/mol. The van der Waals surface area contributed by atoms with Gasteiger partial charge in [-0.25, -0.2) is 4.98 Å². The molecule has 0 saturated carbocycles. The summed E-state index contributed by atoms with van der Waals surface area (Å²) in [6.45, 7) is 4.06. The molecule has 18 heavy (non-hydrogen) atoms. The summed E-state index contributed by atoms with van der Waals surface area (Å²) < 4.78 is 6.52. The zero-order valence-electron chi connectivity index (χ0n) is 10.6. The number of imidazole rings is 1. The summed E-state index contributed by atoms with van der Waals surface area (Å²) in [5, 5.41) is 0. The SMILES string of the molecule is CC(C)Oc1ccc(CCc2[nH]cnc2Br)cc1. The smallest absolute Gasteiger partial charge is 0.127 e. The van der Waals surface area contributed by atoms with E-state index in [-0.39, 0.29) is 6.10 Å².